The van der Waals surface area contributed by atoms with Crippen molar-refractivity contribution in [3.63, 3.8) is 0 Å². The Hall–Kier alpha value is -1.98. The fourth-order valence-corrected chi connectivity index (χ4v) is 3.35. The number of rotatable bonds is 3. The highest BCUT2D eigenvalue weighted by atomic mass is 32.1. The maximum Gasteiger partial charge on any atom is 0.337 e. The molecule has 0 saturated carbocycles. The first kappa shape index (κ1) is 15.9. The van der Waals surface area contributed by atoms with Crippen molar-refractivity contribution in [1.29, 1.82) is 0 Å². The van der Waals surface area contributed by atoms with Crippen molar-refractivity contribution in [2.45, 2.75) is 25.4 Å². The van der Waals surface area contributed by atoms with Crippen molar-refractivity contribution in [3.05, 3.63) is 59.3 Å². The van der Waals surface area contributed by atoms with E-state index in [0.29, 0.717) is 12.2 Å². The van der Waals surface area contributed by atoms with Crippen LogP contribution in [-0.4, -0.2) is 18.1 Å². The molecule has 2 N–H and O–H groups in total. The monoisotopic (exact) mass is 328 g/mol. The smallest absolute Gasteiger partial charge is 0.337 e. The van der Waals surface area contributed by atoms with Crippen LogP contribution in [-0.2, 0) is 9.53 Å². The lowest BCUT2D eigenvalue weighted by Crippen LogP contribution is -2.46. The Kier molecular flexibility index (Phi) is 4.59. The topological polar surface area (TPSA) is 50.4 Å². The number of esters is 1. The summed E-state index contributed by atoms with van der Waals surface area (Å²) in [5, 5.41) is 8.74. The zero-order valence-electron chi connectivity index (χ0n) is 13.2. The molecule has 0 radical (unpaired) electrons. The van der Waals surface area contributed by atoms with Gasteiger partial charge in [0.05, 0.1) is 18.2 Å². The van der Waals surface area contributed by atoms with Gasteiger partial charge in [0.1, 0.15) is 5.50 Å². The minimum Gasteiger partial charge on any atom is -0.463 e. The highest BCUT2D eigenvalue weighted by Crippen LogP contribution is 2.33. The van der Waals surface area contributed by atoms with E-state index in [-0.39, 0.29) is 17.5 Å². The molecular weight excluding hydrogens is 308 g/mol. The Morgan fingerprint density at radius 2 is 1.96 bits per heavy atom. The number of fused-ring (bicyclic) bond motifs is 1. The van der Waals surface area contributed by atoms with Gasteiger partial charge in [-0.1, -0.05) is 42.5 Å². The SMILES string of the molecule is CCOC(=O)C1=C(C)NC(S)NC1c1cccc2ccccc12. The molecule has 4 nitrogen and oxygen atoms in total. The molecule has 0 spiro atoms. The number of nitrogens with one attached hydrogen (secondary N) is 2. The number of hydrogen-bond acceptors (Lipinski definition) is 5. The average Bonchev–Trinajstić information content (AvgIpc) is 2.53. The summed E-state index contributed by atoms with van der Waals surface area (Å²) >= 11 is 4.48. The van der Waals surface area contributed by atoms with E-state index in [1.165, 1.54) is 0 Å². The molecule has 1 heterocycles. The molecule has 23 heavy (non-hydrogen) atoms. The second-order valence-corrected chi connectivity index (χ2v) is 5.99. The standard InChI is InChI=1S/C18H20N2O2S/c1-3-22-17(21)15-11(2)19-18(23)20-16(15)14-10-6-8-12-7-4-5-9-13(12)14/h4-10,16,18-20,23H,3H2,1-2H3. The molecule has 2 aromatic carbocycles. The summed E-state index contributed by atoms with van der Waals surface area (Å²) in [7, 11) is 0. The van der Waals surface area contributed by atoms with Crippen molar-refractivity contribution in [1.82, 2.24) is 10.6 Å². The molecule has 2 atom stereocenters. The fraction of sp³-hybridized carbons (Fsp3) is 0.278. The van der Waals surface area contributed by atoms with Crippen LogP contribution < -0.4 is 10.6 Å². The molecule has 5 heteroatoms. The van der Waals surface area contributed by atoms with E-state index in [4.69, 9.17) is 4.74 Å². The van der Waals surface area contributed by atoms with E-state index in [1.54, 1.807) is 0 Å². The van der Waals surface area contributed by atoms with Crippen LogP contribution in [0, 0.1) is 0 Å². The highest BCUT2D eigenvalue weighted by molar-refractivity contribution is 7.80. The van der Waals surface area contributed by atoms with Crippen molar-refractivity contribution >= 4 is 29.4 Å². The van der Waals surface area contributed by atoms with Gasteiger partial charge in [0, 0.05) is 5.70 Å². The van der Waals surface area contributed by atoms with E-state index in [2.05, 4.69) is 41.5 Å². The number of thiol groups is 1. The van der Waals surface area contributed by atoms with Crippen LogP contribution in [0.4, 0.5) is 0 Å². The predicted octanol–water partition coefficient (Wildman–Crippen LogP) is 3.12. The third-order valence-corrected chi connectivity index (χ3v) is 4.28. The van der Waals surface area contributed by atoms with Crippen molar-refractivity contribution in [2.24, 2.45) is 0 Å². The third kappa shape index (κ3) is 3.07. The molecule has 1 aliphatic rings. The summed E-state index contributed by atoms with van der Waals surface area (Å²) < 4.78 is 5.25. The van der Waals surface area contributed by atoms with Crippen LogP contribution in [0.25, 0.3) is 10.8 Å². The first-order valence-electron chi connectivity index (χ1n) is 7.68. The van der Waals surface area contributed by atoms with Crippen molar-refractivity contribution < 1.29 is 9.53 Å². The maximum atomic E-state index is 12.4. The predicted molar refractivity (Wildman–Crippen MR) is 95.1 cm³/mol. The zero-order chi connectivity index (χ0) is 16.4. The van der Waals surface area contributed by atoms with Gasteiger partial charge >= 0.3 is 5.97 Å². The maximum absolute atomic E-state index is 12.4. The van der Waals surface area contributed by atoms with Gasteiger partial charge in [-0.3, -0.25) is 5.32 Å². The molecule has 1 aliphatic heterocycles. The van der Waals surface area contributed by atoms with Gasteiger partial charge < -0.3 is 10.1 Å². The van der Waals surface area contributed by atoms with Crippen molar-refractivity contribution in [2.75, 3.05) is 6.61 Å². The molecule has 0 fully saturated rings. The second-order valence-electron chi connectivity index (χ2n) is 5.47. The van der Waals surface area contributed by atoms with Crippen LogP contribution in [0.15, 0.2) is 53.7 Å². The minimum atomic E-state index is -0.303. The van der Waals surface area contributed by atoms with Gasteiger partial charge in [0.25, 0.3) is 0 Å². The molecule has 2 unspecified atom stereocenters. The normalized spacial score (nSPS) is 21.2. The number of hydrogen-bond donors (Lipinski definition) is 3. The van der Waals surface area contributed by atoms with Crippen LogP contribution in [0.3, 0.4) is 0 Å². The van der Waals surface area contributed by atoms with Gasteiger partial charge in [-0.15, -0.1) is 12.6 Å². The van der Waals surface area contributed by atoms with Gasteiger partial charge in [-0.05, 0) is 30.2 Å². The van der Waals surface area contributed by atoms with Gasteiger partial charge in [0.15, 0.2) is 0 Å². The Balaban J connectivity index is 2.14. The lowest BCUT2D eigenvalue weighted by Gasteiger charge is -2.33. The molecule has 2 aromatic rings. The van der Waals surface area contributed by atoms with Gasteiger partial charge in [-0.25, -0.2) is 4.79 Å². The van der Waals surface area contributed by atoms with E-state index in [1.807, 2.05) is 38.1 Å². The fourth-order valence-electron chi connectivity index (χ4n) is 3.01. The molecular formula is C18H20N2O2S. The van der Waals surface area contributed by atoms with Crippen LogP contribution >= 0.6 is 12.6 Å². The van der Waals surface area contributed by atoms with E-state index in [0.717, 1.165) is 22.0 Å². The van der Waals surface area contributed by atoms with Crippen LogP contribution in [0.1, 0.15) is 25.5 Å². The summed E-state index contributed by atoms with van der Waals surface area (Å²) in [4.78, 5) is 12.4. The number of ether oxygens (including phenoxy) is 1. The van der Waals surface area contributed by atoms with Gasteiger partial charge in [0.2, 0.25) is 0 Å². The molecule has 0 aliphatic carbocycles. The van der Waals surface area contributed by atoms with E-state index < -0.39 is 0 Å². The number of allylic oxidation sites excluding steroid dienone is 1. The summed E-state index contributed by atoms with van der Waals surface area (Å²) in [6, 6.07) is 14.0. The summed E-state index contributed by atoms with van der Waals surface area (Å²) in [6.45, 7) is 4.04. The molecule has 0 aromatic heterocycles. The molecule has 0 amide bonds. The largest absolute Gasteiger partial charge is 0.463 e. The lowest BCUT2D eigenvalue weighted by atomic mass is 9.91. The highest BCUT2D eigenvalue weighted by Gasteiger charge is 2.32. The van der Waals surface area contributed by atoms with E-state index >= 15 is 0 Å². The first-order valence-corrected chi connectivity index (χ1v) is 8.19. The third-order valence-electron chi connectivity index (χ3n) is 4.00. The second kappa shape index (κ2) is 6.64. The Bertz CT molecular complexity index is 767. The number of benzene rings is 2. The molecule has 3 rings (SSSR count). The Labute approximate surface area is 141 Å². The van der Waals surface area contributed by atoms with Crippen molar-refractivity contribution in [3.8, 4) is 0 Å². The molecule has 0 bridgehead atoms. The quantitative estimate of drug-likeness (QED) is 0.598. The number of carbonyl (C=O) groups excluding carboxylic acids is 1. The first-order chi connectivity index (χ1) is 11.1. The Morgan fingerprint density at radius 1 is 1.22 bits per heavy atom. The lowest BCUT2D eigenvalue weighted by molar-refractivity contribution is -0.139. The van der Waals surface area contributed by atoms with E-state index in [9.17, 15) is 4.79 Å². The molecule has 0 saturated heterocycles. The van der Waals surface area contributed by atoms with Crippen LogP contribution in [0.5, 0.6) is 0 Å². The summed E-state index contributed by atoms with van der Waals surface area (Å²) in [5.74, 6) is -0.303. The van der Waals surface area contributed by atoms with Gasteiger partial charge in [-0.2, -0.15) is 0 Å². The zero-order valence-corrected chi connectivity index (χ0v) is 14.1. The number of carbonyl (C=O) groups is 1. The summed E-state index contributed by atoms with van der Waals surface area (Å²) in [6.07, 6.45) is 0. The molecule has 120 valence electrons. The summed E-state index contributed by atoms with van der Waals surface area (Å²) in [5.41, 5.74) is 2.22. The minimum absolute atomic E-state index is 0.225. The average molecular weight is 328 g/mol. The Morgan fingerprint density at radius 3 is 2.74 bits per heavy atom. The van der Waals surface area contributed by atoms with Crippen LogP contribution in [0.2, 0.25) is 0 Å².